The number of nitrogens with zero attached hydrogens (tertiary/aromatic N) is 2. The fourth-order valence-corrected chi connectivity index (χ4v) is 4.02. The number of nitrogens with one attached hydrogen (secondary N) is 1. The first-order valence-electron chi connectivity index (χ1n) is 9.98. The molecule has 2 aromatic carbocycles. The lowest BCUT2D eigenvalue weighted by Gasteiger charge is -2.30. The van der Waals surface area contributed by atoms with Crippen molar-refractivity contribution >= 4 is 40.6 Å². The maximum absolute atomic E-state index is 13.6. The van der Waals surface area contributed by atoms with Gasteiger partial charge >= 0.3 is 0 Å². The van der Waals surface area contributed by atoms with E-state index in [-0.39, 0.29) is 22.2 Å². The number of hydrogen-bond acceptors (Lipinski definition) is 6. The van der Waals surface area contributed by atoms with Crippen molar-refractivity contribution < 1.29 is 14.4 Å². The molecule has 0 saturated heterocycles. The summed E-state index contributed by atoms with van der Waals surface area (Å²) in [6.07, 6.45) is 0. The Morgan fingerprint density at radius 1 is 1.09 bits per heavy atom. The molecule has 1 unspecified atom stereocenters. The molecular formula is C23H25N5O3S. The number of carbonyl (C=O) groups is 3. The number of carbonyl (C=O) groups excluding carboxylic acids is 3. The predicted octanol–water partition coefficient (Wildman–Crippen LogP) is 2.79. The molecule has 0 spiro atoms. The third kappa shape index (κ3) is 4.62. The second-order valence-electron chi connectivity index (χ2n) is 7.41. The predicted molar refractivity (Wildman–Crippen MR) is 126 cm³/mol. The smallest absolute Gasteiger partial charge is 0.272 e. The van der Waals surface area contributed by atoms with Crippen molar-refractivity contribution in [3.05, 3.63) is 75.8 Å². The summed E-state index contributed by atoms with van der Waals surface area (Å²) < 4.78 is 3.93. The van der Waals surface area contributed by atoms with Gasteiger partial charge in [0.2, 0.25) is 5.91 Å². The van der Waals surface area contributed by atoms with Gasteiger partial charge in [-0.05, 0) is 55.1 Å². The van der Waals surface area contributed by atoms with E-state index in [2.05, 4.69) is 9.69 Å². The number of nitrogens with two attached hydrogens (primary N) is 2. The molecule has 0 aliphatic heterocycles. The Bertz CT molecular complexity index is 1160. The zero-order valence-electron chi connectivity index (χ0n) is 18.1. The van der Waals surface area contributed by atoms with Crippen LogP contribution in [0, 0.1) is 13.8 Å². The standard InChI is InChI=1S/C23H25N5O3S/c1-13-8-7-11-17(14(13)2)28(23(31)20-18(24)19(21(25)29)27-32-20)15(3)22(30)26-12-16-9-5-4-6-10-16/h4-11,15H,12,24H2,1-3H3,(H2,25,29)(H,26,30). The van der Waals surface area contributed by atoms with E-state index in [1.807, 2.05) is 56.3 Å². The highest BCUT2D eigenvalue weighted by molar-refractivity contribution is 7.09. The van der Waals surface area contributed by atoms with Gasteiger partial charge in [0.25, 0.3) is 11.8 Å². The third-order valence-electron chi connectivity index (χ3n) is 5.29. The van der Waals surface area contributed by atoms with Crippen molar-refractivity contribution in [3.8, 4) is 0 Å². The lowest BCUT2D eigenvalue weighted by molar-refractivity contribution is -0.122. The number of benzene rings is 2. The molecule has 9 heteroatoms. The first-order valence-corrected chi connectivity index (χ1v) is 10.8. The maximum Gasteiger partial charge on any atom is 0.272 e. The van der Waals surface area contributed by atoms with E-state index >= 15 is 0 Å². The van der Waals surface area contributed by atoms with Crippen LogP contribution in [0.25, 0.3) is 0 Å². The summed E-state index contributed by atoms with van der Waals surface area (Å²) in [5.74, 6) is -1.67. The molecule has 1 atom stereocenters. The zero-order chi connectivity index (χ0) is 23.4. The third-order valence-corrected chi connectivity index (χ3v) is 6.14. The highest BCUT2D eigenvalue weighted by Gasteiger charge is 2.33. The van der Waals surface area contributed by atoms with Crippen LogP contribution < -0.4 is 21.7 Å². The van der Waals surface area contributed by atoms with Gasteiger partial charge in [0.05, 0.1) is 5.69 Å². The molecule has 0 bridgehead atoms. The Kier molecular flexibility index (Phi) is 6.89. The van der Waals surface area contributed by atoms with E-state index in [0.29, 0.717) is 12.2 Å². The molecule has 8 nitrogen and oxygen atoms in total. The average Bonchev–Trinajstić information content (AvgIpc) is 3.17. The van der Waals surface area contributed by atoms with Gasteiger partial charge in [-0.25, -0.2) is 0 Å². The van der Waals surface area contributed by atoms with Gasteiger partial charge < -0.3 is 16.8 Å². The molecule has 0 aliphatic carbocycles. The molecular weight excluding hydrogens is 426 g/mol. The highest BCUT2D eigenvalue weighted by Crippen LogP contribution is 2.30. The van der Waals surface area contributed by atoms with Gasteiger partial charge in [-0.15, -0.1) is 0 Å². The van der Waals surface area contributed by atoms with Crippen LogP contribution in [-0.4, -0.2) is 28.1 Å². The molecule has 3 rings (SSSR count). The largest absolute Gasteiger partial charge is 0.395 e. The van der Waals surface area contributed by atoms with Crippen molar-refractivity contribution in [3.63, 3.8) is 0 Å². The first kappa shape index (κ1) is 23.0. The molecule has 0 aliphatic rings. The van der Waals surface area contributed by atoms with Crippen LogP contribution in [0.1, 0.15) is 43.8 Å². The van der Waals surface area contributed by atoms with Gasteiger partial charge in [0, 0.05) is 12.2 Å². The monoisotopic (exact) mass is 451 g/mol. The van der Waals surface area contributed by atoms with Crippen molar-refractivity contribution in [1.82, 2.24) is 9.69 Å². The summed E-state index contributed by atoms with van der Waals surface area (Å²) in [5, 5.41) is 2.88. The minimum atomic E-state index is -0.856. The van der Waals surface area contributed by atoms with Gasteiger partial charge in [0.1, 0.15) is 10.9 Å². The minimum Gasteiger partial charge on any atom is -0.395 e. The molecule has 1 aromatic heterocycles. The summed E-state index contributed by atoms with van der Waals surface area (Å²) in [7, 11) is 0. The number of amides is 3. The maximum atomic E-state index is 13.6. The molecule has 5 N–H and O–H groups in total. The lowest BCUT2D eigenvalue weighted by Crippen LogP contribution is -2.48. The fraction of sp³-hybridized carbons (Fsp3) is 0.217. The Morgan fingerprint density at radius 3 is 2.41 bits per heavy atom. The minimum absolute atomic E-state index is 0.0578. The number of aromatic nitrogens is 1. The van der Waals surface area contributed by atoms with Gasteiger partial charge in [0.15, 0.2) is 5.69 Å². The summed E-state index contributed by atoms with van der Waals surface area (Å²) in [6, 6.07) is 14.1. The molecule has 3 amide bonds. The summed E-state index contributed by atoms with van der Waals surface area (Å²) in [5.41, 5.74) is 14.4. The number of nitrogen functional groups attached to an aromatic ring is 1. The van der Waals surface area contributed by atoms with Gasteiger partial charge in [-0.2, -0.15) is 4.37 Å². The van der Waals surface area contributed by atoms with Crippen LogP contribution in [0.15, 0.2) is 48.5 Å². The number of rotatable bonds is 7. The molecule has 1 heterocycles. The van der Waals surface area contributed by atoms with Gasteiger partial charge in [-0.1, -0.05) is 42.5 Å². The van der Waals surface area contributed by atoms with Crippen LogP contribution in [-0.2, 0) is 11.3 Å². The molecule has 0 radical (unpaired) electrons. The quantitative estimate of drug-likeness (QED) is 0.508. The normalized spacial score (nSPS) is 11.6. The van der Waals surface area contributed by atoms with Crippen molar-refractivity contribution in [2.75, 3.05) is 10.6 Å². The fourth-order valence-electron chi connectivity index (χ4n) is 3.28. The number of aryl methyl sites for hydroxylation is 1. The van der Waals surface area contributed by atoms with E-state index in [0.717, 1.165) is 28.2 Å². The molecule has 0 fully saturated rings. The molecule has 0 saturated carbocycles. The highest BCUT2D eigenvalue weighted by atomic mass is 32.1. The van der Waals surface area contributed by atoms with Crippen LogP contribution >= 0.6 is 11.5 Å². The average molecular weight is 452 g/mol. The van der Waals surface area contributed by atoms with E-state index in [4.69, 9.17) is 11.5 Å². The number of hydrogen-bond donors (Lipinski definition) is 3. The molecule has 166 valence electrons. The molecule has 32 heavy (non-hydrogen) atoms. The van der Waals surface area contributed by atoms with Crippen LogP contribution in [0.2, 0.25) is 0 Å². The zero-order valence-corrected chi connectivity index (χ0v) is 18.9. The second-order valence-corrected chi connectivity index (χ2v) is 8.19. The Hall–Kier alpha value is -3.72. The summed E-state index contributed by atoms with van der Waals surface area (Å²) in [4.78, 5) is 39.6. The summed E-state index contributed by atoms with van der Waals surface area (Å²) >= 11 is 0.786. The second kappa shape index (κ2) is 9.61. The van der Waals surface area contributed by atoms with E-state index in [1.54, 1.807) is 13.0 Å². The van der Waals surface area contributed by atoms with Crippen molar-refractivity contribution in [1.29, 1.82) is 0 Å². The SMILES string of the molecule is Cc1cccc(N(C(=O)c2snc(C(N)=O)c2N)C(C)C(=O)NCc2ccccc2)c1C. The lowest BCUT2D eigenvalue weighted by atomic mass is 10.0. The van der Waals surface area contributed by atoms with E-state index < -0.39 is 17.9 Å². The van der Waals surface area contributed by atoms with Crippen LogP contribution in [0.4, 0.5) is 11.4 Å². The topological polar surface area (TPSA) is 131 Å². The van der Waals surface area contributed by atoms with E-state index in [9.17, 15) is 14.4 Å². The number of primary amides is 1. The van der Waals surface area contributed by atoms with Crippen molar-refractivity contribution in [2.45, 2.75) is 33.4 Å². The summed E-state index contributed by atoms with van der Waals surface area (Å²) in [6.45, 7) is 5.78. The van der Waals surface area contributed by atoms with Crippen LogP contribution in [0.3, 0.4) is 0 Å². The van der Waals surface area contributed by atoms with Crippen molar-refractivity contribution in [2.24, 2.45) is 5.73 Å². The first-order chi connectivity index (χ1) is 15.2. The van der Waals surface area contributed by atoms with Crippen LogP contribution in [0.5, 0.6) is 0 Å². The Balaban J connectivity index is 1.97. The number of anilines is 2. The van der Waals surface area contributed by atoms with Gasteiger partial charge in [-0.3, -0.25) is 19.3 Å². The van der Waals surface area contributed by atoms with E-state index in [1.165, 1.54) is 4.90 Å². The molecule has 3 aromatic rings. The Morgan fingerprint density at radius 2 is 1.78 bits per heavy atom. The Labute approximate surface area is 190 Å².